The Labute approximate surface area is 265 Å². The van der Waals surface area contributed by atoms with Crippen molar-refractivity contribution in [1.82, 2.24) is 24.3 Å². The van der Waals surface area contributed by atoms with Crippen molar-refractivity contribution in [3.05, 3.63) is 58.4 Å². The van der Waals surface area contributed by atoms with E-state index in [4.69, 9.17) is 14.6 Å². The second-order valence-electron chi connectivity index (χ2n) is 12.7. The van der Waals surface area contributed by atoms with Gasteiger partial charge in [-0.15, -0.1) is 0 Å². The number of nitrogens with zero attached hydrogens (tertiary/aromatic N) is 4. The summed E-state index contributed by atoms with van der Waals surface area (Å²) in [4.78, 5) is 12.7. The van der Waals surface area contributed by atoms with Gasteiger partial charge in [0, 0.05) is 26.6 Å². The lowest BCUT2D eigenvalue weighted by atomic mass is 9.92. The molecule has 5 rings (SSSR count). The van der Waals surface area contributed by atoms with Crippen molar-refractivity contribution in [2.45, 2.75) is 107 Å². The smallest absolute Gasteiger partial charge is 0.283 e. The molecule has 2 heterocycles. The molecule has 0 fully saturated rings. The van der Waals surface area contributed by atoms with Gasteiger partial charge in [0.05, 0.1) is 30.7 Å². The van der Waals surface area contributed by atoms with E-state index >= 15 is 0 Å². The summed E-state index contributed by atoms with van der Waals surface area (Å²) in [6.45, 7) is 8.40. The Hall–Kier alpha value is -3.11. The average Bonchev–Trinajstić information content (AvgIpc) is 3.75. The molecule has 3 aromatic rings. The molecule has 248 valence electrons. The number of aromatic nitrogens is 4. The van der Waals surface area contributed by atoms with Crippen LogP contribution >= 0.6 is 0 Å². The summed E-state index contributed by atoms with van der Waals surface area (Å²) < 4.78 is 63.1. The number of sulfonamides is 2. The van der Waals surface area contributed by atoms with Gasteiger partial charge >= 0.3 is 0 Å². The predicted octanol–water partition coefficient (Wildman–Crippen LogP) is 2.29. The molecule has 2 aromatic heterocycles. The molecule has 0 radical (unpaired) electrons. The van der Waals surface area contributed by atoms with Crippen LogP contribution in [0.4, 0.5) is 0 Å². The number of carbonyl (C=O) groups excluding carboxylic acids is 1. The third-order valence-electron chi connectivity index (χ3n) is 8.17. The van der Waals surface area contributed by atoms with E-state index in [9.17, 15) is 21.6 Å². The highest BCUT2D eigenvalue weighted by molar-refractivity contribution is 7.90. The summed E-state index contributed by atoms with van der Waals surface area (Å²) >= 11 is 0. The lowest BCUT2D eigenvalue weighted by Crippen LogP contribution is -2.33. The minimum Gasteiger partial charge on any atom is -0.377 e. The summed E-state index contributed by atoms with van der Waals surface area (Å²) in [5, 5.41) is 12.6. The molecule has 45 heavy (non-hydrogen) atoms. The zero-order chi connectivity index (χ0) is 33.2. The lowest BCUT2D eigenvalue weighted by Gasteiger charge is -2.22. The van der Waals surface area contributed by atoms with Crippen LogP contribution < -0.4 is 9.86 Å². The Bertz CT molecular complexity index is 1730. The minimum absolute atomic E-state index is 0.0994. The van der Waals surface area contributed by atoms with E-state index in [1.54, 1.807) is 26.6 Å². The van der Waals surface area contributed by atoms with E-state index in [0.29, 0.717) is 13.1 Å². The molecule has 13 nitrogen and oxygen atoms in total. The fourth-order valence-corrected chi connectivity index (χ4v) is 7.01. The maximum absolute atomic E-state index is 12.7. The number of ether oxygens (including phenoxy) is 2. The zero-order valence-electron chi connectivity index (χ0n) is 26.8. The molecule has 0 atom stereocenters. The fourth-order valence-electron chi connectivity index (χ4n) is 5.61. The predicted molar refractivity (Wildman–Crippen MR) is 168 cm³/mol. The number of amides is 1. The summed E-state index contributed by atoms with van der Waals surface area (Å²) in [6, 6.07) is 5.07. The number of fused-ring (bicyclic) bond motifs is 2. The quantitative estimate of drug-likeness (QED) is 0.311. The molecule has 2 aliphatic carbocycles. The van der Waals surface area contributed by atoms with Gasteiger partial charge in [0.1, 0.15) is 0 Å². The normalized spacial score (nSPS) is 14.9. The lowest BCUT2D eigenvalue weighted by molar-refractivity contribution is -0.118. The number of benzene rings is 1. The largest absolute Gasteiger partial charge is 0.377 e. The number of hydrogen-bond acceptors (Lipinski definition) is 9. The SMILES string of the molecule is COC(C)(C)Cn1ccc(S(=O)(=O)NC(=O)Cc2c3c(cc4c2CCC4)CCC3)n1.COC(C)(C)Cn1ccc(S(N)(=O)=O)n1. The number of nitrogens with two attached hydrogens (primary N) is 1. The number of carbonyl (C=O) groups is 1. The minimum atomic E-state index is -4.02. The molecular weight excluding hydrogens is 620 g/mol. The number of rotatable bonds is 11. The number of nitrogens with one attached hydrogen (secondary N) is 1. The van der Waals surface area contributed by atoms with Crippen LogP contribution in [0.3, 0.4) is 0 Å². The summed E-state index contributed by atoms with van der Waals surface area (Å²) in [6.07, 6.45) is 9.46. The first-order chi connectivity index (χ1) is 20.9. The second-order valence-corrected chi connectivity index (χ2v) is 15.9. The summed E-state index contributed by atoms with van der Waals surface area (Å²) in [5.41, 5.74) is 5.36. The van der Waals surface area contributed by atoms with E-state index in [2.05, 4.69) is 21.0 Å². The van der Waals surface area contributed by atoms with Gasteiger partial charge < -0.3 is 9.47 Å². The van der Waals surface area contributed by atoms with E-state index in [-0.39, 0.29) is 16.5 Å². The van der Waals surface area contributed by atoms with Crippen LogP contribution in [0.5, 0.6) is 0 Å². The first-order valence-corrected chi connectivity index (χ1v) is 17.9. The first kappa shape index (κ1) is 34.8. The molecule has 0 bridgehead atoms. The number of methoxy groups -OCH3 is 2. The van der Waals surface area contributed by atoms with Gasteiger partial charge in [-0.3, -0.25) is 14.2 Å². The standard InChI is InChI=1S/C22H29N3O4S.C8H15N3O3S/c1-22(2,29-3)14-25-11-10-21(23-25)30(27,28)24-20(26)13-19-17-8-4-6-15(17)12-16-7-5-9-18(16)19;1-8(2,14-3)6-11-5-4-7(10-11)15(9,12)13/h10-12H,4-9,13-14H2,1-3H3,(H,24,26);4-5H,6H2,1-3H3,(H2,9,12,13). The monoisotopic (exact) mass is 664 g/mol. The van der Waals surface area contributed by atoms with Crippen molar-refractivity contribution in [2.75, 3.05) is 14.2 Å². The molecule has 1 aromatic carbocycles. The molecule has 0 unspecified atom stereocenters. The van der Waals surface area contributed by atoms with E-state index in [0.717, 1.165) is 44.1 Å². The fraction of sp³-hybridized carbons (Fsp3) is 0.567. The van der Waals surface area contributed by atoms with Gasteiger partial charge in [0.15, 0.2) is 10.1 Å². The summed E-state index contributed by atoms with van der Waals surface area (Å²) in [5.74, 6) is -0.504. The second kappa shape index (κ2) is 13.3. The number of hydrogen-bond donors (Lipinski definition) is 2. The van der Waals surface area contributed by atoms with Crippen molar-refractivity contribution in [1.29, 1.82) is 0 Å². The Morgan fingerprint density at radius 3 is 1.76 bits per heavy atom. The maximum atomic E-state index is 12.7. The van der Waals surface area contributed by atoms with Crippen LogP contribution in [0.15, 0.2) is 40.6 Å². The molecule has 2 aliphatic rings. The topological polar surface area (TPSA) is 178 Å². The molecule has 3 N–H and O–H groups in total. The number of primary sulfonamides is 1. The maximum Gasteiger partial charge on any atom is 0.283 e. The number of aryl methyl sites for hydroxylation is 2. The molecule has 0 saturated heterocycles. The van der Waals surface area contributed by atoms with Gasteiger partial charge in [-0.25, -0.2) is 18.3 Å². The van der Waals surface area contributed by atoms with Gasteiger partial charge in [-0.1, -0.05) is 6.07 Å². The van der Waals surface area contributed by atoms with Crippen molar-refractivity contribution >= 4 is 26.0 Å². The molecule has 1 amide bonds. The van der Waals surface area contributed by atoms with Crippen molar-refractivity contribution in [3.8, 4) is 0 Å². The average molecular weight is 665 g/mol. The molecular formula is C30H44N6O7S2. The highest BCUT2D eigenvalue weighted by atomic mass is 32.2. The molecule has 0 aliphatic heterocycles. The van der Waals surface area contributed by atoms with Crippen molar-refractivity contribution in [2.24, 2.45) is 5.14 Å². The van der Waals surface area contributed by atoms with E-state index in [1.807, 2.05) is 27.7 Å². The molecule has 15 heteroatoms. The van der Waals surface area contributed by atoms with E-state index < -0.39 is 37.2 Å². The van der Waals surface area contributed by atoms with Crippen LogP contribution in [-0.2, 0) is 79.5 Å². The van der Waals surface area contributed by atoms with Gasteiger partial charge in [-0.2, -0.15) is 18.6 Å². The van der Waals surface area contributed by atoms with Gasteiger partial charge in [0.2, 0.25) is 5.91 Å². The third-order valence-corrected chi connectivity index (χ3v) is 10.2. The summed E-state index contributed by atoms with van der Waals surface area (Å²) in [7, 11) is -4.56. The highest BCUT2D eigenvalue weighted by Crippen LogP contribution is 2.35. The Morgan fingerprint density at radius 2 is 1.31 bits per heavy atom. The first-order valence-electron chi connectivity index (χ1n) is 14.8. The third kappa shape index (κ3) is 8.79. The zero-order valence-corrected chi connectivity index (χ0v) is 28.4. The Balaban J connectivity index is 0.000000259. The molecule has 0 spiro atoms. The van der Waals surface area contributed by atoms with Crippen molar-refractivity contribution < 1.29 is 31.1 Å². The van der Waals surface area contributed by atoms with E-state index in [1.165, 1.54) is 43.8 Å². The van der Waals surface area contributed by atoms with Crippen LogP contribution in [0, 0.1) is 0 Å². The van der Waals surface area contributed by atoms with Crippen LogP contribution in [0.25, 0.3) is 0 Å². The van der Waals surface area contributed by atoms with Crippen LogP contribution in [0.1, 0.15) is 68.4 Å². The molecule has 0 saturated carbocycles. The van der Waals surface area contributed by atoms with Crippen LogP contribution in [0.2, 0.25) is 0 Å². The van der Waals surface area contributed by atoms with Crippen LogP contribution in [-0.4, -0.2) is 67.7 Å². The highest BCUT2D eigenvalue weighted by Gasteiger charge is 2.28. The van der Waals surface area contributed by atoms with Gasteiger partial charge in [-0.05, 0) is 106 Å². The van der Waals surface area contributed by atoms with Crippen molar-refractivity contribution in [3.63, 3.8) is 0 Å². The Morgan fingerprint density at radius 1 is 0.844 bits per heavy atom. The Kier molecular flexibility index (Phi) is 10.3. The van der Waals surface area contributed by atoms with Gasteiger partial charge in [0.25, 0.3) is 20.0 Å².